The van der Waals surface area contributed by atoms with E-state index in [1.165, 1.54) is 50.5 Å². The number of esters is 1. The van der Waals surface area contributed by atoms with Crippen molar-refractivity contribution < 1.29 is 50.7 Å². The summed E-state index contributed by atoms with van der Waals surface area (Å²) < 4.78 is 76.4. The van der Waals surface area contributed by atoms with E-state index in [-0.39, 0.29) is 42.6 Å². The van der Waals surface area contributed by atoms with Crippen molar-refractivity contribution in [2.45, 2.75) is 57.5 Å². The molecular weight excluding hydrogens is 751 g/mol. The van der Waals surface area contributed by atoms with Gasteiger partial charge in [-0.15, -0.1) is 0 Å². The van der Waals surface area contributed by atoms with Gasteiger partial charge in [-0.2, -0.15) is 13.2 Å². The summed E-state index contributed by atoms with van der Waals surface area (Å²) in [5, 5.41) is 7.88. The van der Waals surface area contributed by atoms with Gasteiger partial charge in [0.05, 0.1) is 11.3 Å². The second kappa shape index (κ2) is 19.2. The van der Waals surface area contributed by atoms with Crippen molar-refractivity contribution >= 4 is 35.3 Å². The molecule has 0 radical (unpaired) electrons. The Morgan fingerprint density at radius 3 is 1.89 bits per heavy atom. The monoisotopic (exact) mass is 794 g/mol. The molecule has 0 aliphatic carbocycles. The zero-order valence-corrected chi connectivity index (χ0v) is 31.8. The molecule has 15 heteroatoms. The maximum Gasteiger partial charge on any atom is 0.416 e. The minimum absolute atomic E-state index is 0.0878. The Kier molecular flexibility index (Phi) is 14.7. The number of alkyl halides is 3. The number of hydrogen-bond donors (Lipinski definition) is 3. The molecule has 0 aromatic heterocycles. The van der Waals surface area contributed by atoms with Crippen LogP contribution in [0.25, 0.3) is 11.1 Å². The number of anilines is 1. The molecule has 0 saturated carbocycles. The minimum Gasteiger partial charge on any atom is -0.420 e. The Hall–Kier alpha value is -6.12. The van der Waals surface area contributed by atoms with E-state index in [9.17, 15) is 37.1 Å². The van der Waals surface area contributed by atoms with Crippen LogP contribution >= 0.6 is 0 Å². The lowest BCUT2D eigenvalue weighted by atomic mass is 9.74. The number of ether oxygens (including phenoxy) is 1. The molecule has 3 N–H and O–H groups in total. The van der Waals surface area contributed by atoms with Crippen molar-refractivity contribution in [1.82, 2.24) is 15.5 Å². The maximum atomic E-state index is 16.2. The van der Waals surface area contributed by atoms with Gasteiger partial charge < -0.3 is 25.6 Å². The van der Waals surface area contributed by atoms with Crippen molar-refractivity contribution in [3.8, 4) is 16.9 Å². The Bertz CT molecular complexity index is 2070. The third-order valence-electron chi connectivity index (χ3n) is 9.00. The van der Waals surface area contributed by atoms with Crippen LogP contribution in [-0.2, 0) is 26.0 Å². The second-order valence-electron chi connectivity index (χ2n) is 13.3. The fraction of sp³-hybridized carbons (Fsp3) is 0.310. The topological polar surface area (TPSA) is 134 Å². The summed E-state index contributed by atoms with van der Waals surface area (Å²) in [6.45, 7) is 4.26. The summed E-state index contributed by atoms with van der Waals surface area (Å²) >= 11 is 0. The molecule has 0 saturated heterocycles. The molecular formula is C42H43F5N4O6. The highest BCUT2D eigenvalue weighted by Gasteiger charge is 2.47. The number of hydrogen-bond acceptors (Lipinski definition) is 6. The first-order valence-corrected chi connectivity index (χ1v) is 18.2. The molecule has 0 unspecified atom stereocenters. The molecule has 4 rings (SSSR count). The molecule has 302 valence electrons. The van der Waals surface area contributed by atoms with E-state index in [0.717, 1.165) is 17.0 Å². The summed E-state index contributed by atoms with van der Waals surface area (Å²) in [5.74, 6) is -8.53. The number of nitrogens with one attached hydrogen (secondary N) is 3. The summed E-state index contributed by atoms with van der Waals surface area (Å²) in [7, 11) is 2.54. The third kappa shape index (κ3) is 10.2. The van der Waals surface area contributed by atoms with Gasteiger partial charge in [-0.1, -0.05) is 74.5 Å². The van der Waals surface area contributed by atoms with Gasteiger partial charge in [0.2, 0.25) is 17.6 Å². The summed E-state index contributed by atoms with van der Waals surface area (Å²) in [4.78, 5) is 68.3. The van der Waals surface area contributed by atoms with Gasteiger partial charge in [0.1, 0.15) is 5.56 Å². The molecule has 0 atom stereocenters. The fourth-order valence-corrected chi connectivity index (χ4v) is 6.09. The zero-order valence-electron chi connectivity index (χ0n) is 31.8. The van der Waals surface area contributed by atoms with Gasteiger partial charge in [0.25, 0.3) is 11.8 Å². The number of nitrogens with zero attached hydrogens (tertiary/aromatic N) is 1. The van der Waals surface area contributed by atoms with Crippen LogP contribution in [0, 0.1) is 11.6 Å². The maximum absolute atomic E-state index is 16.2. The van der Waals surface area contributed by atoms with Crippen LogP contribution in [0.3, 0.4) is 0 Å². The molecule has 4 aromatic rings. The zero-order chi connectivity index (χ0) is 41.9. The van der Waals surface area contributed by atoms with Gasteiger partial charge >= 0.3 is 12.1 Å². The largest absolute Gasteiger partial charge is 0.420 e. The minimum atomic E-state index is -4.59. The lowest BCUT2D eigenvalue weighted by Gasteiger charge is -2.32. The Labute approximate surface area is 326 Å². The molecule has 0 bridgehead atoms. The first-order chi connectivity index (χ1) is 27.1. The molecule has 4 aromatic carbocycles. The van der Waals surface area contributed by atoms with Gasteiger partial charge in [0.15, 0.2) is 17.0 Å². The number of halogens is 5. The number of benzene rings is 4. The predicted octanol–water partition coefficient (Wildman–Crippen LogP) is 7.67. The highest BCUT2D eigenvalue weighted by atomic mass is 19.4. The quantitative estimate of drug-likeness (QED) is 0.0462. The Morgan fingerprint density at radius 1 is 0.754 bits per heavy atom. The molecule has 0 spiro atoms. The third-order valence-corrected chi connectivity index (χ3v) is 9.00. The number of carbonyl (C=O) groups is 5. The van der Waals surface area contributed by atoms with Crippen molar-refractivity contribution in [2.75, 3.05) is 32.5 Å². The average molecular weight is 795 g/mol. The van der Waals surface area contributed by atoms with E-state index in [0.29, 0.717) is 24.5 Å². The Balaban J connectivity index is 1.62. The Morgan fingerprint density at radius 2 is 1.33 bits per heavy atom. The molecule has 10 nitrogen and oxygen atoms in total. The first-order valence-electron chi connectivity index (χ1n) is 18.2. The smallest absolute Gasteiger partial charge is 0.416 e. The second-order valence-corrected chi connectivity index (χ2v) is 13.3. The van der Waals surface area contributed by atoms with Crippen LogP contribution in [0.4, 0.5) is 27.6 Å². The van der Waals surface area contributed by atoms with E-state index in [2.05, 4.69) is 16.0 Å². The van der Waals surface area contributed by atoms with E-state index >= 15 is 8.78 Å². The molecule has 0 heterocycles. The molecule has 0 fully saturated rings. The molecule has 0 aliphatic heterocycles. The average Bonchev–Trinajstić information content (AvgIpc) is 3.19. The highest BCUT2D eigenvalue weighted by Crippen LogP contribution is 2.36. The molecule has 57 heavy (non-hydrogen) atoms. The van der Waals surface area contributed by atoms with Crippen molar-refractivity contribution in [3.63, 3.8) is 0 Å². The lowest BCUT2D eigenvalue weighted by Crippen LogP contribution is -2.55. The van der Waals surface area contributed by atoms with Crippen LogP contribution < -0.4 is 20.7 Å². The van der Waals surface area contributed by atoms with E-state index in [1.807, 2.05) is 13.8 Å². The number of rotatable bonds is 16. The SMILES string of the molecule is CCCNC(=O)C(CCCC(=O)Oc1c(F)cc(NC(=O)c2ccccc2-c2ccc(C(F)(F)F)cc2)c(C(=O)N(C)C)c1F)(C(=O)NCCC)c1ccccc1. The summed E-state index contributed by atoms with van der Waals surface area (Å²) in [6.07, 6.45) is -4.21. The summed E-state index contributed by atoms with van der Waals surface area (Å²) in [6, 6.07) is 18.7. The van der Waals surface area contributed by atoms with Gasteiger partial charge in [-0.3, -0.25) is 24.0 Å². The van der Waals surface area contributed by atoms with E-state index in [4.69, 9.17) is 4.74 Å². The van der Waals surface area contributed by atoms with Crippen LogP contribution in [0.1, 0.15) is 77.8 Å². The van der Waals surface area contributed by atoms with Crippen molar-refractivity contribution in [3.05, 3.63) is 119 Å². The normalized spacial score (nSPS) is 11.4. The standard InChI is InChI=1S/C42H43F5N4O6/c1-5-23-48-39(55)41(40(56)49-24-6-2,27-13-8-7-9-14-27)22-12-17-33(52)57-36-31(43)25-32(34(35(36)44)38(54)51(3)4)50-37(53)30-16-11-10-15-29(30)26-18-20-28(21-19-26)42(45,46)47/h7-11,13-16,18-21,25H,5-6,12,17,22-24H2,1-4H3,(H,48,55)(H,49,56)(H,50,53). The van der Waals surface area contributed by atoms with Gasteiger partial charge in [0, 0.05) is 45.2 Å². The van der Waals surface area contributed by atoms with E-state index < -0.39 is 81.8 Å². The summed E-state index contributed by atoms with van der Waals surface area (Å²) in [5.41, 5.74) is -3.39. The van der Waals surface area contributed by atoms with Crippen LogP contribution in [0.5, 0.6) is 5.75 Å². The highest BCUT2D eigenvalue weighted by molar-refractivity contribution is 6.12. The number of carbonyl (C=O) groups excluding carboxylic acids is 5. The first kappa shape index (κ1) is 43.6. The van der Waals surface area contributed by atoms with Crippen LogP contribution in [0.15, 0.2) is 84.9 Å². The van der Waals surface area contributed by atoms with Crippen LogP contribution in [0.2, 0.25) is 0 Å². The molecule has 4 amide bonds. The molecule has 0 aliphatic rings. The lowest BCUT2D eigenvalue weighted by molar-refractivity contribution is -0.140. The number of amides is 4. The van der Waals surface area contributed by atoms with E-state index in [1.54, 1.807) is 30.3 Å². The van der Waals surface area contributed by atoms with Gasteiger partial charge in [-0.25, -0.2) is 8.78 Å². The predicted molar refractivity (Wildman–Crippen MR) is 203 cm³/mol. The van der Waals surface area contributed by atoms with Gasteiger partial charge in [-0.05, 0) is 60.6 Å². The van der Waals surface area contributed by atoms with Crippen molar-refractivity contribution in [2.24, 2.45) is 0 Å². The van der Waals surface area contributed by atoms with Crippen LogP contribution in [-0.4, -0.2) is 61.7 Å². The van der Waals surface area contributed by atoms with Crippen molar-refractivity contribution in [1.29, 1.82) is 0 Å². The fourth-order valence-electron chi connectivity index (χ4n) is 6.09.